The highest BCUT2D eigenvalue weighted by Gasteiger charge is 2.33. The average molecular weight is 380 g/mol. The van der Waals surface area contributed by atoms with Crippen LogP contribution < -0.4 is 0 Å². The highest BCUT2D eigenvalue weighted by atomic mass is 32.1. The van der Waals surface area contributed by atoms with E-state index in [1.807, 2.05) is 26.0 Å². The maximum Gasteiger partial charge on any atom is 0.230 e. The summed E-state index contributed by atoms with van der Waals surface area (Å²) in [5.74, 6) is 2.50. The van der Waals surface area contributed by atoms with Crippen LogP contribution in [-0.2, 0) is 13.0 Å². The number of furan rings is 1. The number of rotatable bonds is 3. The minimum atomic E-state index is -0.166. The Hall–Kier alpha value is -2.64. The van der Waals surface area contributed by atoms with Gasteiger partial charge in [0.25, 0.3) is 0 Å². The van der Waals surface area contributed by atoms with Gasteiger partial charge in [0.15, 0.2) is 0 Å². The molecule has 5 rings (SSSR count). The average Bonchev–Trinajstić information content (AvgIpc) is 3.33. The summed E-state index contributed by atoms with van der Waals surface area (Å²) in [6.45, 7) is 5.48. The second-order valence-corrected chi connectivity index (χ2v) is 7.99. The van der Waals surface area contributed by atoms with Gasteiger partial charge in [-0.25, -0.2) is 4.98 Å². The second-order valence-electron chi connectivity index (χ2n) is 6.98. The normalized spacial score (nSPS) is 15.9. The van der Waals surface area contributed by atoms with Gasteiger partial charge in [0.05, 0.1) is 4.88 Å². The molecule has 0 fully saturated rings. The molecule has 6 nitrogen and oxygen atoms in total. The maximum absolute atomic E-state index is 10.9. The first-order valence-corrected chi connectivity index (χ1v) is 9.84. The molecular weight excluding hydrogens is 360 g/mol. The van der Waals surface area contributed by atoms with Gasteiger partial charge in [-0.2, -0.15) is 4.52 Å². The van der Waals surface area contributed by atoms with Crippen molar-refractivity contribution in [2.75, 3.05) is 6.54 Å². The third-order valence-corrected chi connectivity index (χ3v) is 6.18. The molecule has 0 saturated carbocycles. The number of benzene rings is 1. The van der Waals surface area contributed by atoms with Crippen molar-refractivity contribution in [3.05, 3.63) is 69.7 Å². The highest BCUT2D eigenvalue weighted by Crippen LogP contribution is 2.42. The Labute approximate surface area is 160 Å². The van der Waals surface area contributed by atoms with Crippen molar-refractivity contribution >= 4 is 16.3 Å². The number of fused-ring (bicyclic) bond motifs is 2. The molecule has 0 aliphatic carbocycles. The van der Waals surface area contributed by atoms with Gasteiger partial charge < -0.3 is 9.52 Å². The lowest BCUT2D eigenvalue weighted by atomic mass is 9.97. The lowest BCUT2D eigenvalue weighted by molar-refractivity contribution is 0.184. The largest absolute Gasteiger partial charge is 0.492 e. The molecule has 0 saturated heterocycles. The Morgan fingerprint density at radius 3 is 2.70 bits per heavy atom. The van der Waals surface area contributed by atoms with Crippen LogP contribution >= 0.6 is 11.3 Å². The zero-order chi connectivity index (χ0) is 18.5. The van der Waals surface area contributed by atoms with Gasteiger partial charge in [-0.05, 0) is 43.5 Å². The summed E-state index contributed by atoms with van der Waals surface area (Å²) < 4.78 is 7.52. The van der Waals surface area contributed by atoms with Crippen molar-refractivity contribution in [3.63, 3.8) is 0 Å². The smallest absolute Gasteiger partial charge is 0.230 e. The molecule has 1 atom stereocenters. The fraction of sp³-hybridized carbons (Fsp3) is 0.300. The monoisotopic (exact) mass is 380 g/mol. The lowest BCUT2D eigenvalue weighted by Crippen LogP contribution is -2.34. The first-order chi connectivity index (χ1) is 13.1. The van der Waals surface area contributed by atoms with Crippen LogP contribution in [0.5, 0.6) is 5.88 Å². The Morgan fingerprint density at radius 2 is 1.96 bits per heavy atom. The number of aromatic nitrogens is 3. The quantitative estimate of drug-likeness (QED) is 0.585. The van der Waals surface area contributed by atoms with Gasteiger partial charge in [0.1, 0.15) is 23.4 Å². The van der Waals surface area contributed by atoms with Crippen LogP contribution in [0.4, 0.5) is 0 Å². The molecule has 1 aliphatic heterocycles. The Kier molecular flexibility index (Phi) is 3.80. The van der Waals surface area contributed by atoms with Crippen LogP contribution in [0.1, 0.15) is 39.4 Å². The molecule has 1 unspecified atom stereocenters. The van der Waals surface area contributed by atoms with Crippen molar-refractivity contribution in [2.24, 2.45) is 0 Å². The number of aryl methyl sites for hydroxylation is 2. The van der Waals surface area contributed by atoms with Gasteiger partial charge in [-0.3, -0.25) is 4.90 Å². The lowest BCUT2D eigenvalue weighted by Gasteiger charge is -2.34. The van der Waals surface area contributed by atoms with E-state index < -0.39 is 0 Å². The van der Waals surface area contributed by atoms with E-state index in [0.717, 1.165) is 35.9 Å². The van der Waals surface area contributed by atoms with E-state index in [2.05, 4.69) is 39.2 Å². The van der Waals surface area contributed by atoms with Crippen LogP contribution in [0.3, 0.4) is 0 Å². The minimum Gasteiger partial charge on any atom is -0.492 e. The summed E-state index contributed by atoms with van der Waals surface area (Å²) >= 11 is 1.47. The van der Waals surface area contributed by atoms with Crippen molar-refractivity contribution in [2.45, 2.75) is 32.9 Å². The molecule has 0 bridgehead atoms. The molecule has 138 valence electrons. The molecule has 1 N–H and O–H groups in total. The van der Waals surface area contributed by atoms with E-state index >= 15 is 0 Å². The summed E-state index contributed by atoms with van der Waals surface area (Å²) in [6, 6.07) is 12.4. The highest BCUT2D eigenvalue weighted by molar-refractivity contribution is 7.17. The summed E-state index contributed by atoms with van der Waals surface area (Å²) in [5.41, 5.74) is 2.72. The second kappa shape index (κ2) is 6.21. The van der Waals surface area contributed by atoms with E-state index in [1.54, 1.807) is 0 Å². The van der Waals surface area contributed by atoms with E-state index in [4.69, 9.17) is 4.42 Å². The molecule has 3 aromatic heterocycles. The van der Waals surface area contributed by atoms with E-state index in [1.165, 1.54) is 27.0 Å². The van der Waals surface area contributed by atoms with Crippen molar-refractivity contribution < 1.29 is 9.52 Å². The number of thiazole rings is 1. The predicted octanol–water partition coefficient (Wildman–Crippen LogP) is 3.85. The van der Waals surface area contributed by atoms with Crippen LogP contribution in [0.15, 0.2) is 40.8 Å². The third kappa shape index (κ3) is 2.74. The van der Waals surface area contributed by atoms with Crippen molar-refractivity contribution in [1.29, 1.82) is 0 Å². The van der Waals surface area contributed by atoms with Crippen LogP contribution in [0.2, 0.25) is 0 Å². The topological polar surface area (TPSA) is 66.8 Å². The molecule has 7 heteroatoms. The zero-order valence-corrected chi connectivity index (χ0v) is 16.0. The summed E-state index contributed by atoms with van der Waals surface area (Å²) in [7, 11) is 0. The van der Waals surface area contributed by atoms with Crippen molar-refractivity contribution in [3.8, 4) is 5.88 Å². The van der Waals surface area contributed by atoms with E-state index in [9.17, 15) is 5.11 Å². The molecule has 0 radical (unpaired) electrons. The van der Waals surface area contributed by atoms with E-state index in [-0.39, 0.29) is 11.9 Å². The summed E-state index contributed by atoms with van der Waals surface area (Å²) in [4.78, 5) is 8.30. The summed E-state index contributed by atoms with van der Waals surface area (Å²) in [6.07, 6.45) is 0.979. The van der Waals surface area contributed by atoms with Crippen LogP contribution in [0, 0.1) is 13.8 Å². The first kappa shape index (κ1) is 16.5. The maximum atomic E-state index is 10.9. The molecule has 4 aromatic rings. The van der Waals surface area contributed by atoms with Gasteiger partial charge in [-0.15, -0.1) is 5.10 Å². The van der Waals surface area contributed by atoms with E-state index in [0.29, 0.717) is 10.8 Å². The van der Waals surface area contributed by atoms with Crippen molar-refractivity contribution in [1.82, 2.24) is 19.5 Å². The molecule has 27 heavy (non-hydrogen) atoms. The van der Waals surface area contributed by atoms with Gasteiger partial charge >= 0.3 is 0 Å². The fourth-order valence-corrected chi connectivity index (χ4v) is 4.98. The van der Waals surface area contributed by atoms with Gasteiger partial charge in [0, 0.05) is 13.1 Å². The summed E-state index contributed by atoms with van der Waals surface area (Å²) in [5, 5.41) is 15.2. The molecule has 0 amide bonds. The molecular formula is C20H20N4O2S. The molecule has 0 spiro atoms. The first-order valence-electron chi connectivity index (χ1n) is 9.02. The number of hydrogen-bond acceptors (Lipinski definition) is 6. The standard InChI is InChI=1S/C20H20N4O2S/c1-12-7-8-16(26-12)17(18-19(25)24-20(27-18)21-13(2)22-24)23-10-9-14-5-3-4-6-15(14)11-23/h3-8,17,25H,9-11H2,1-2H3. The van der Waals surface area contributed by atoms with Gasteiger partial charge in [0.2, 0.25) is 10.8 Å². The predicted molar refractivity (Wildman–Crippen MR) is 103 cm³/mol. The molecule has 1 aliphatic rings. The minimum absolute atomic E-state index is 0.147. The molecule has 4 heterocycles. The van der Waals surface area contributed by atoms with Crippen LogP contribution in [-0.4, -0.2) is 31.1 Å². The SMILES string of the molecule is Cc1nc2sc(C(c3ccc(C)o3)N3CCc4ccccc4C3)c(O)n2n1. The third-order valence-electron chi connectivity index (χ3n) is 5.11. The Balaban J connectivity index is 1.61. The number of hydrogen-bond donors (Lipinski definition) is 1. The fourth-order valence-electron chi connectivity index (χ4n) is 3.84. The zero-order valence-electron chi connectivity index (χ0n) is 15.2. The van der Waals surface area contributed by atoms with Gasteiger partial charge in [-0.1, -0.05) is 35.6 Å². The molecule has 1 aromatic carbocycles. The number of nitrogens with zero attached hydrogens (tertiary/aromatic N) is 4. The Morgan fingerprint density at radius 1 is 1.15 bits per heavy atom. The number of aromatic hydroxyl groups is 1. The Bertz CT molecular complexity index is 1130. The van der Waals surface area contributed by atoms with Crippen LogP contribution in [0.25, 0.3) is 4.96 Å².